The second-order valence-corrected chi connectivity index (χ2v) is 8.95. The predicted octanol–water partition coefficient (Wildman–Crippen LogP) is 0.656. The number of aliphatic hydroxyl groups is 1. The van der Waals surface area contributed by atoms with Crippen molar-refractivity contribution in [3.05, 3.63) is 28.2 Å². The van der Waals surface area contributed by atoms with Gasteiger partial charge >= 0.3 is 5.97 Å². The maximum absolute atomic E-state index is 12.2. The number of rotatable bonds is 4. The number of aryl methyl sites for hydroxylation is 2. The van der Waals surface area contributed by atoms with Gasteiger partial charge in [0, 0.05) is 6.42 Å². The van der Waals surface area contributed by atoms with Crippen molar-refractivity contribution >= 4 is 35.4 Å². The molecule has 0 bridgehead atoms. The van der Waals surface area contributed by atoms with Crippen molar-refractivity contribution in [2.75, 3.05) is 0 Å². The largest absolute Gasteiger partial charge is 0.477 e. The first kappa shape index (κ1) is 16.0. The van der Waals surface area contributed by atoms with Crippen LogP contribution in [0.3, 0.4) is 0 Å². The molecule has 4 rings (SSSR count). The zero-order chi connectivity index (χ0) is 17.2. The number of imidazole rings is 1. The van der Waals surface area contributed by atoms with Crippen LogP contribution in [0.15, 0.2) is 22.5 Å². The van der Waals surface area contributed by atoms with Gasteiger partial charge in [0.15, 0.2) is 11.4 Å². The van der Waals surface area contributed by atoms with Crippen LogP contribution >= 0.6 is 23.5 Å². The average Bonchev–Trinajstić information content (AvgIpc) is 3.11. The number of thioether (sulfide) groups is 2. The summed E-state index contributed by atoms with van der Waals surface area (Å²) in [5.74, 6) is -1.90. The number of carbonyl (C=O) groups excluding carboxylic acids is 1. The molecule has 1 aromatic heterocycles. The molecule has 1 aromatic rings. The average molecular weight is 368 g/mol. The Morgan fingerprint density at radius 1 is 1.54 bits per heavy atom. The normalized spacial score (nSPS) is 29.5. The number of carbonyl (C=O) groups is 2. The lowest BCUT2D eigenvalue weighted by Crippen LogP contribution is -2.60. The quantitative estimate of drug-likeness (QED) is 0.600. The minimum atomic E-state index is -1.08. The molecule has 3 aliphatic rings. The van der Waals surface area contributed by atoms with Gasteiger partial charge in [-0.15, -0.1) is 11.8 Å². The van der Waals surface area contributed by atoms with Gasteiger partial charge in [0.25, 0.3) is 0 Å². The molecule has 2 N–H and O–H groups in total. The lowest BCUT2D eigenvalue weighted by atomic mass is 9.92. The Morgan fingerprint density at radius 2 is 2.29 bits per heavy atom. The number of aliphatic carboxylic acids is 1. The van der Waals surface area contributed by atoms with Gasteiger partial charge in [-0.2, -0.15) is 0 Å². The number of carboxylic acids is 1. The van der Waals surface area contributed by atoms with Crippen molar-refractivity contribution in [1.82, 2.24) is 9.47 Å². The number of β-lactam (4-membered cyclic amide) rings is 1. The van der Waals surface area contributed by atoms with Gasteiger partial charge in [-0.25, -0.2) is 13.9 Å². The van der Waals surface area contributed by atoms with Crippen LogP contribution in [0.5, 0.6) is 0 Å². The summed E-state index contributed by atoms with van der Waals surface area (Å²) in [7, 11) is 1.97. The zero-order valence-electron chi connectivity index (χ0n) is 13.2. The fourth-order valence-electron chi connectivity index (χ4n) is 3.54. The maximum Gasteiger partial charge on any atom is 0.354 e. The standard InChI is InChI=1S/C15H17N3O4S2/c1-7(19)10-12(20)18-11(14(21)22)15(24-13(10)18)23-9-3-4-17-6-16(2)5-8(9)17/h5-7,9-10,13,19H,3-4H2,1-2H3/p+1/t7?,9?,10-,13+/m0/s1. The Bertz CT molecular complexity index is 773. The van der Waals surface area contributed by atoms with E-state index in [-0.39, 0.29) is 22.2 Å². The number of nitrogens with zero attached hydrogens (tertiary/aromatic N) is 3. The molecule has 128 valence electrons. The predicted molar refractivity (Wildman–Crippen MR) is 88.6 cm³/mol. The number of hydrogen-bond acceptors (Lipinski definition) is 5. The van der Waals surface area contributed by atoms with E-state index >= 15 is 0 Å². The van der Waals surface area contributed by atoms with Crippen molar-refractivity contribution < 1.29 is 24.4 Å². The third kappa shape index (κ3) is 2.21. The lowest BCUT2D eigenvalue weighted by Gasteiger charge is -2.43. The first-order valence-electron chi connectivity index (χ1n) is 7.76. The highest BCUT2D eigenvalue weighted by molar-refractivity contribution is 8.22. The SMILES string of the molecule is CC(O)[C@H]1C(=O)N2C(C(=O)O)=C(SC3CCn4c[n+](C)cc43)S[C@H]12. The first-order chi connectivity index (χ1) is 11.4. The molecule has 3 aliphatic heterocycles. The molecule has 24 heavy (non-hydrogen) atoms. The summed E-state index contributed by atoms with van der Waals surface area (Å²) in [6.07, 6.45) is 4.26. The minimum Gasteiger partial charge on any atom is -0.477 e. The zero-order valence-corrected chi connectivity index (χ0v) is 14.9. The van der Waals surface area contributed by atoms with Gasteiger partial charge in [-0.3, -0.25) is 9.69 Å². The first-order valence-corrected chi connectivity index (χ1v) is 9.51. The summed E-state index contributed by atoms with van der Waals surface area (Å²) in [6.45, 7) is 2.49. The van der Waals surface area contributed by atoms with Gasteiger partial charge < -0.3 is 10.2 Å². The fraction of sp³-hybridized carbons (Fsp3) is 0.533. The smallest absolute Gasteiger partial charge is 0.354 e. The molecule has 2 unspecified atom stereocenters. The number of hydrogen-bond donors (Lipinski definition) is 2. The summed E-state index contributed by atoms with van der Waals surface area (Å²) in [5, 5.41) is 19.2. The minimum absolute atomic E-state index is 0.0753. The molecule has 0 spiro atoms. The number of fused-ring (bicyclic) bond motifs is 2. The Hall–Kier alpha value is -1.45. The Balaban J connectivity index is 1.61. The van der Waals surface area contributed by atoms with E-state index in [1.54, 1.807) is 6.92 Å². The van der Waals surface area contributed by atoms with E-state index in [2.05, 4.69) is 10.8 Å². The molecule has 7 nitrogen and oxygen atoms in total. The highest BCUT2D eigenvalue weighted by Crippen LogP contribution is 2.57. The number of aromatic nitrogens is 2. The van der Waals surface area contributed by atoms with Crippen LogP contribution in [0.2, 0.25) is 0 Å². The van der Waals surface area contributed by atoms with Gasteiger partial charge in [0.05, 0.1) is 35.1 Å². The van der Waals surface area contributed by atoms with E-state index in [9.17, 15) is 19.8 Å². The molecule has 4 atom stereocenters. The van der Waals surface area contributed by atoms with Crippen molar-refractivity contribution in [2.24, 2.45) is 13.0 Å². The van der Waals surface area contributed by atoms with Gasteiger partial charge in [0.1, 0.15) is 11.6 Å². The van der Waals surface area contributed by atoms with Crippen LogP contribution in [-0.4, -0.2) is 43.0 Å². The van der Waals surface area contributed by atoms with Crippen LogP contribution in [0, 0.1) is 5.92 Å². The van der Waals surface area contributed by atoms with E-state index in [0.717, 1.165) is 13.0 Å². The van der Waals surface area contributed by atoms with E-state index in [4.69, 9.17) is 0 Å². The maximum atomic E-state index is 12.2. The molecule has 0 radical (unpaired) electrons. The lowest BCUT2D eigenvalue weighted by molar-refractivity contribution is -0.671. The Labute approximate surface area is 147 Å². The van der Waals surface area contributed by atoms with E-state index < -0.39 is 18.0 Å². The van der Waals surface area contributed by atoms with Crippen molar-refractivity contribution in [3.8, 4) is 0 Å². The Morgan fingerprint density at radius 3 is 2.96 bits per heavy atom. The van der Waals surface area contributed by atoms with E-state index in [0.29, 0.717) is 4.24 Å². The number of amides is 1. The van der Waals surface area contributed by atoms with Crippen LogP contribution in [0.4, 0.5) is 0 Å². The van der Waals surface area contributed by atoms with Gasteiger partial charge in [0.2, 0.25) is 12.2 Å². The van der Waals surface area contributed by atoms with Crippen molar-refractivity contribution in [1.29, 1.82) is 0 Å². The molecular weight excluding hydrogens is 350 g/mol. The monoisotopic (exact) mass is 368 g/mol. The van der Waals surface area contributed by atoms with Crippen LogP contribution in [0.1, 0.15) is 24.3 Å². The summed E-state index contributed by atoms with van der Waals surface area (Å²) in [6, 6.07) is 0. The molecule has 0 saturated carbocycles. The fourth-order valence-corrected chi connectivity index (χ4v) is 6.83. The molecule has 0 aromatic carbocycles. The summed E-state index contributed by atoms with van der Waals surface area (Å²) in [5.41, 5.74) is 1.25. The highest BCUT2D eigenvalue weighted by atomic mass is 32.2. The van der Waals surface area contributed by atoms with Crippen LogP contribution in [0.25, 0.3) is 0 Å². The Kier molecular flexibility index (Phi) is 3.70. The third-order valence-electron chi connectivity index (χ3n) is 4.67. The van der Waals surface area contributed by atoms with Crippen molar-refractivity contribution in [3.63, 3.8) is 0 Å². The second-order valence-electron chi connectivity index (χ2n) is 6.35. The number of aliphatic hydroxyl groups excluding tert-OH is 1. The highest BCUT2D eigenvalue weighted by Gasteiger charge is 2.58. The molecular formula is C15H18N3O4S2+. The summed E-state index contributed by atoms with van der Waals surface area (Å²) < 4.78 is 4.85. The molecule has 9 heteroatoms. The van der Waals surface area contributed by atoms with Crippen LogP contribution in [-0.2, 0) is 23.2 Å². The molecule has 4 heterocycles. The summed E-state index contributed by atoms with van der Waals surface area (Å²) >= 11 is 2.92. The topological polar surface area (TPSA) is 86.7 Å². The van der Waals surface area contributed by atoms with Gasteiger partial charge in [-0.1, -0.05) is 11.8 Å². The third-order valence-corrected chi connectivity index (χ3v) is 7.57. The second kappa shape index (κ2) is 5.53. The van der Waals surface area contributed by atoms with E-state index in [1.165, 1.54) is 34.1 Å². The van der Waals surface area contributed by atoms with Crippen molar-refractivity contribution in [2.45, 2.75) is 36.6 Å². The molecule has 1 saturated heterocycles. The number of carboxylic acid groups (broad SMARTS) is 1. The van der Waals surface area contributed by atoms with Crippen LogP contribution < -0.4 is 4.57 Å². The van der Waals surface area contributed by atoms with E-state index in [1.807, 2.05) is 17.9 Å². The molecule has 1 fully saturated rings. The van der Waals surface area contributed by atoms with Gasteiger partial charge in [-0.05, 0) is 6.92 Å². The molecule has 0 aliphatic carbocycles. The molecule has 1 amide bonds. The summed E-state index contributed by atoms with van der Waals surface area (Å²) in [4.78, 5) is 25.3.